The van der Waals surface area contributed by atoms with Gasteiger partial charge in [-0.3, -0.25) is 9.36 Å². The second-order valence-electron chi connectivity index (χ2n) is 7.44. The van der Waals surface area contributed by atoms with Crippen LogP contribution in [-0.2, 0) is 9.53 Å². The van der Waals surface area contributed by atoms with Gasteiger partial charge < -0.3 is 14.2 Å². The van der Waals surface area contributed by atoms with Crippen molar-refractivity contribution in [3.63, 3.8) is 0 Å². The highest BCUT2D eigenvalue weighted by atomic mass is 79.9. The molecule has 2 heterocycles. The molecule has 0 radical (unpaired) electrons. The maximum absolute atomic E-state index is 13.7. The number of para-hydroxylation sites is 1. The molecule has 0 unspecified atom stereocenters. The Balaban J connectivity index is 1.96. The highest BCUT2D eigenvalue weighted by molar-refractivity contribution is 9.10. The average Bonchev–Trinajstić information content (AvgIpc) is 3.12. The van der Waals surface area contributed by atoms with Gasteiger partial charge in [0.15, 0.2) is 4.80 Å². The molecule has 0 amide bonds. The van der Waals surface area contributed by atoms with Crippen molar-refractivity contribution in [3.05, 3.63) is 89.0 Å². The van der Waals surface area contributed by atoms with Crippen LogP contribution in [0.15, 0.2) is 68.0 Å². The van der Waals surface area contributed by atoms with Crippen molar-refractivity contribution in [2.75, 3.05) is 20.8 Å². The fraction of sp³-hybridized carbons (Fsp3) is 0.240. The maximum atomic E-state index is 13.7. The molecule has 0 saturated carbocycles. The van der Waals surface area contributed by atoms with Gasteiger partial charge >= 0.3 is 5.97 Å². The van der Waals surface area contributed by atoms with E-state index in [0.717, 1.165) is 10.0 Å². The minimum absolute atomic E-state index is 0.213. The van der Waals surface area contributed by atoms with E-state index in [0.29, 0.717) is 37.7 Å². The van der Waals surface area contributed by atoms with E-state index < -0.39 is 12.0 Å². The first kappa shape index (κ1) is 24.0. The molecule has 1 aromatic heterocycles. The Kier molecular flexibility index (Phi) is 7.04. The van der Waals surface area contributed by atoms with Crippen LogP contribution < -0.4 is 24.4 Å². The highest BCUT2D eigenvalue weighted by Crippen LogP contribution is 2.35. The first-order valence-corrected chi connectivity index (χ1v) is 12.2. The number of nitrogens with zero attached hydrogens (tertiary/aromatic N) is 2. The van der Waals surface area contributed by atoms with Gasteiger partial charge in [-0.05, 0) is 59.6 Å². The van der Waals surface area contributed by atoms with E-state index in [1.54, 1.807) is 44.8 Å². The summed E-state index contributed by atoms with van der Waals surface area (Å²) in [6, 6.07) is 12.2. The van der Waals surface area contributed by atoms with Crippen molar-refractivity contribution in [1.82, 2.24) is 4.57 Å². The number of thiazole rings is 1. The SMILES string of the molecule is CCOC(=O)C1=C(C)N=c2s/c(=C\c3ccc(OC)c(Br)c3)c(=O)n2[C@@H]1c1ccccc1OC. The highest BCUT2D eigenvalue weighted by Gasteiger charge is 2.34. The minimum atomic E-state index is -0.726. The number of allylic oxidation sites excluding steroid dienone is 1. The summed E-state index contributed by atoms with van der Waals surface area (Å²) in [4.78, 5) is 31.8. The summed E-state index contributed by atoms with van der Waals surface area (Å²) in [7, 11) is 3.16. The van der Waals surface area contributed by atoms with Crippen molar-refractivity contribution in [1.29, 1.82) is 0 Å². The molecule has 0 N–H and O–H groups in total. The van der Waals surface area contributed by atoms with Crippen molar-refractivity contribution in [2.45, 2.75) is 19.9 Å². The monoisotopic (exact) mass is 542 g/mol. The minimum Gasteiger partial charge on any atom is -0.496 e. The second kappa shape index (κ2) is 9.99. The summed E-state index contributed by atoms with van der Waals surface area (Å²) >= 11 is 4.75. The largest absolute Gasteiger partial charge is 0.496 e. The number of aromatic nitrogens is 1. The zero-order chi connectivity index (χ0) is 24.4. The van der Waals surface area contributed by atoms with Gasteiger partial charge in [-0.1, -0.05) is 35.6 Å². The predicted octanol–water partition coefficient (Wildman–Crippen LogP) is 3.58. The topological polar surface area (TPSA) is 79.1 Å². The number of methoxy groups -OCH3 is 2. The van der Waals surface area contributed by atoms with Crippen LogP contribution in [0.25, 0.3) is 6.08 Å². The van der Waals surface area contributed by atoms with Crippen LogP contribution in [0.5, 0.6) is 11.5 Å². The predicted molar refractivity (Wildman–Crippen MR) is 134 cm³/mol. The number of hydrogen-bond donors (Lipinski definition) is 0. The number of esters is 1. The number of hydrogen-bond acceptors (Lipinski definition) is 7. The van der Waals surface area contributed by atoms with Crippen LogP contribution in [0, 0.1) is 0 Å². The first-order chi connectivity index (χ1) is 16.4. The third-order valence-electron chi connectivity index (χ3n) is 5.42. The summed E-state index contributed by atoms with van der Waals surface area (Å²) < 4.78 is 19.0. The molecule has 0 saturated heterocycles. The van der Waals surface area contributed by atoms with E-state index in [1.165, 1.54) is 11.3 Å². The lowest BCUT2D eigenvalue weighted by molar-refractivity contribution is -0.139. The van der Waals surface area contributed by atoms with E-state index >= 15 is 0 Å². The van der Waals surface area contributed by atoms with E-state index in [-0.39, 0.29) is 12.2 Å². The molecule has 1 atom stereocenters. The molecule has 2 aromatic carbocycles. The molecule has 1 aliphatic rings. The molecule has 0 bridgehead atoms. The Hall–Kier alpha value is -3.17. The number of fused-ring (bicyclic) bond motifs is 1. The molecule has 9 heteroatoms. The third kappa shape index (κ3) is 4.33. The lowest BCUT2D eigenvalue weighted by Gasteiger charge is -2.25. The number of ether oxygens (including phenoxy) is 3. The van der Waals surface area contributed by atoms with Gasteiger partial charge in [-0.25, -0.2) is 9.79 Å². The Bertz CT molecular complexity index is 1470. The van der Waals surface area contributed by atoms with Crippen molar-refractivity contribution in [2.24, 2.45) is 4.99 Å². The van der Waals surface area contributed by atoms with Gasteiger partial charge in [0, 0.05) is 5.56 Å². The molecule has 0 fully saturated rings. The molecule has 34 heavy (non-hydrogen) atoms. The van der Waals surface area contributed by atoms with Gasteiger partial charge in [-0.15, -0.1) is 0 Å². The quantitative estimate of drug-likeness (QED) is 0.445. The number of benzene rings is 2. The molecule has 0 spiro atoms. The Morgan fingerprint density at radius 1 is 1.18 bits per heavy atom. The summed E-state index contributed by atoms with van der Waals surface area (Å²) in [5.74, 6) is 0.759. The van der Waals surface area contributed by atoms with Crippen molar-refractivity contribution in [3.8, 4) is 11.5 Å². The number of carbonyl (C=O) groups is 1. The van der Waals surface area contributed by atoms with Gasteiger partial charge in [0.2, 0.25) is 0 Å². The van der Waals surface area contributed by atoms with Crippen molar-refractivity contribution < 1.29 is 19.0 Å². The van der Waals surface area contributed by atoms with Crippen LogP contribution in [-0.4, -0.2) is 31.4 Å². The fourth-order valence-corrected chi connectivity index (χ4v) is 5.51. The van der Waals surface area contributed by atoms with E-state index in [1.807, 2.05) is 36.4 Å². The molecule has 176 valence electrons. The molecule has 7 nitrogen and oxygen atoms in total. The first-order valence-electron chi connectivity index (χ1n) is 10.6. The Labute approximate surface area is 208 Å². The molecule has 3 aromatic rings. The van der Waals surface area contributed by atoms with Crippen LogP contribution in [0.2, 0.25) is 0 Å². The molecule has 1 aliphatic heterocycles. The van der Waals surface area contributed by atoms with Crippen LogP contribution in [0.4, 0.5) is 0 Å². The summed E-state index contributed by atoms with van der Waals surface area (Å²) in [5.41, 5.74) is 2.09. The summed E-state index contributed by atoms with van der Waals surface area (Å²) in [6.45, 7) is 3.71. The second-order valence-corrected chi connectivity index (χ2v) is 9.30. The lowest BCUT2D eigenvalue weighted by atomic mass is 9.95. The zero-order valence-corrected chi connectivity index (χ0v) is 21.5. The summed E-state index contributed by atoms with van der Waals surface area (Å²) in [5, 5.41) is 0. The van der Waals surface area contributed by atoms with Crippen LogP contribution >= 0.6 is 27.3 Å². The molecular formula is C25H23BrN2O5S. The number of carbonyl (C=O) groups excluding carboxylic acids is 1. The standard InChI is InChI=1S/C25H23BrN2O5S/c1-5-33-24(30)21-14(2)27-25-28(22(21)16-8-6-7-9-18(16)31-3)23(29)20(34-25)13-15-10-11-19(32-4)17(26)12-15/h6-13,22H,5H2,1-4H3/b20-13-/t22-/m1/s1. The van der Waals surface area contributed by atoms with Gasteiger partial charge in [-0.2, -0.15) is 0 Å². The maximum Gasteiger partial charge on any atom is 0.338 e. The van der Waals surface area contributed by atoms with E-state index in [2.05, 4.69) is 20.9 Å². The van der Waals surface area contributed by atoms with Crippen molar-refractivity contribution >= 4 is 39.3 Å². The normalized spacial score (nSPS) is 15.6. The third-order valence-corrected chi connectivity index (χ3v) is 7.03. The van der Waals surface area contributed by atoms with Crippen LogP contribution in [0.3, 0.4) is 0 Å². The summed E-state index contributed by atoms with van der Waals surface area (Å²) in [6.07, 6.45) is 1.80. The van der Waals surface area contributed by atoms with Gasteiger partial charge in [0.1, 0.15) is 17.5 Å². The fourth-order valence-electron chi connectivity index (χ4n) is 3.90. The zero-order valence-electron chi connectivity index (χ0n) is 19.1. The van der Waals surface area contributed by atoms with E-state index in [4.69, 9.17) is 14.2 Å². The van der Waals surface area contributed by atoms with Gasteiger partial charge in [0.05, 0.1) is 41.1 Å². The number of halogens is 1. The molecule has 4 rings (SSSR count). The van der Waals surface area contributed by atoms with Gasteiger partial charge in [0.25, 0.3) is 5.56 Å². The average molecular weight is 543 g/mol. The molecular weight excluding hydrogens is 520 g/mol. The smallest absolute Gasteiger partial charge is 0.338 e. The number of rotatable bonds is 6. The van der Waals surface area contributed by atoms with Crippen LogP contribution in [0.1, 0.15) is 31.0 Å². The molecule has 0 aliphatic carbocycles. The lowest BCUT2D eigenvalue weighted by Crippen LogP contribution is -2.40. The van der Waals surface area contributed by atoms with E-state index in [9.17, 15) is 9.59 Å². The Morgan fingerprint density at radius 2 is 1.91 bits per heavy atom. The Morgan fingerprint density at radius 3 is 2.59 bits per heavy atom.